The molecule has 0 amide bonds. The highest BCUT2D eigenvalue weighted by Crippen LogP contribution is 2.26. The Hall–Kier alpha value is -0.580. The Morgan fingerprint density at radius 2 is 1.72 bits per heavy atom. The van der Waals surface area contributed by atoms with Crippen LogP contribution in [0, 0.1) is 0 Å². The Kier molecular flexibility index (Phi) is 3.99. The maximum atomic E-state index is 6.12. The van der Waals surface area contributed by atoms with E-state index in [-0.39, 0.29) is 10.8 Å². The van der Waals surface area contributed by atoms with Gasteiger partial charge in [0.05, 0.1) is 6.20 Å². The van der Waals surface area contributed by atoms with E-state index in [0.717, 1.165) is 32.0 Å². The summed E-state index contributed by atoms with van der Waals surface area (Å²) in [6, 6.07) is 0. The predicted octanol–water partition coefficient (Wildman–Crippen LogP) is 2.70. The van der Waals surface area contributed by atoms with Crippen molar-refractivity contribution in [2.24, 2.45) is 0 Å². The van der Waals surface area contributed by atoms with Gasteiger partial charge in [0.25, 0.3) is 0 Å². The quantitative estimate of drug-likeness (QED) is 0.744. The van der Waals surface area contributed by atoms with Crippen molar-refractivity contribution in [1.29, 1.82) is 0 Å². The van der Waals surface area contributed by atoms with E-state index in [0.29, 0.717) is 5.02 Å². The highest BCUT2D eigenvalue weighted by Gasteiger charge is 2.27. The van der Waals surface area contributed by atoms with Gasteiger partial charge < -0.3 is 4.90 Å². The molecule has 2 rings (SSSR count). The fourth-order valence-corrected chi connectivity index (χ4v) is 2.49. The highest BCUT2D eigenvalue weighted by molar-refractivity contribution is 6.33. The molecule has 1 aliphatic heterocycles. The van der Waals surface area contributed by atoms with Crippen molar-refractivity contribution in [3.8, 4) is 0 Å². The van der Waals surface area contributed by atoms with Gasteiger partial charge in [0.1, 0.15) is 5.02 Å². The van der Waals surface area contributed by atoms with Crippen LogP contribution < -0.4 is 4.90 Å². The number of nitrogens with zero attached hydrogens (tertiary/aromatic N) is 4. The first kappa shape index (κ1) is 13.8. The van der Waals surface area contributed by atoms with Crippen LogP contribution in [0.15, 0.2) is 6.20 Å². The lowest BCUT2D eigenvalue weighted by atomic mass is 10.1. The first-order valence-corrected chi connectivity index (χ1v) is 6.81. The summed E-state index contributed by atoms with van der Waals surface area (Å²) in [6.07, 6.45) is 1.56. The van der Waals surface area contributed by atoms with Crippen molar-refractivity contribution in [2.75, 3.05) is 31.1 Å². The van der Waals surface area contributed by atoms with Crippen LogP contribution in [0.1, 0.15) is 20.8 Å². The molecule has 1 aliphatic rings. The molecule has 0 aromatic carbocycles. The SMILES string of the molecule is CC(C)(C)N1CCN(c2nc(Cl)ncc2Cl)CC1. The van der Waals surface area contributed by atoms with Gasteiger partial charge >= 0.3 is 0 Å². The third-order valence-electron chi connectivity index (χ3n) is 3.22. The van der Waals surface area contributed by atoms with Crippen LogP contribution in [0.2, 0.25) is 10.3 Å². The minimum atomic E-state index is 0.208. The van der Waals surface area contributed by atoms with Gasteiger partial charge in [-0.25, -0.2) is 4.98 Å². The Bertz CT molecular complexity index is 423. The summed E-state index contributed by atoms with van der Waals surface area (Å²) in [5.41, 5.74) is 0.208. The van der Waals surface area contributed by atoms with Gasteiger partial charge in [-0.3, -0.25) is 4.90 Å². The van der Waals surface area contributed by atoms with Crippen LogP contribution in [-0.4, -0.2) is 46.6 Å². The van der Waals surface area contributed by atoms with Crippen LogP contribution in [0.3, 0.4) is 0 Å². The summed E-state index contributed by atoms with van der Waals surface area (Å²) in [5.74, 6) is 0.741. The van der Waals surface area contributed by atoms with Crippen molar-refractivity contribution in [2.45, 2.75) is 26.3 Å². The molecule has 1 aromatic heterocycles. The van der Waals surface area contributed by atoms with Crippen molar-refractivity contribution < 1.29 is 0 Å². The first-order chi connectivity index (χ1) is 8.38. The van der Waals surface area contributed by atoms with Crippen molar-refractivity contribution in [3.05, 3.63) is 16.5 Å². The summed E-state index contributed by atoms with van der Waals surface area (Å²) < 4.78 is 0. The van der Waals surface area contributed by atoms with Crippen LogP contribution in [0.4, 0.5) is 5.82 Å². The normalized spacial score (nSPS) is 18.2. The second-order valence-corrected chi connectivity index (χ2v) is 6.20. The zero-order valence-electron chi connectivity index (χ0n) is 11.0. The van der Waals surface area contributed by atoms with Gasteiger partial charge in [0.15, 0.2) is 5.82 Å². The minimum Gasteiger partial charge on any atom is -0.353 e. The van der Waals surface area contributed by atoms with Gasteiger partial charge in [-0.1, -0.05) is 11.6 Å². The summed E-state index contributed by atoms with van der Waals surface area (Å²) in [4.78, 5) is 12.7. The van der Waals surface area contributed by atoms with Crippen molar-refractivity contribution in [1.82, 2.24) is 14.9 Å². The number of aromatic nitrogens is 2. The van der Waals surface area contributed by atoms with Crippen molar-refractivity contribution in [3.63, 3.8) is 0 Å². The third-order valence-corrected chi connectivity index (χ3v) is 3.67. The van der Waals surface area contributed by atoms with Gasteiger partial charge in [-0.2, -0.15) is 4.98 Å². The molecule has 2 heterocycles. The highest BCUT2D eigenvalue weighted by atomic mass is 35.5. The third kappa shape index (κ3) is 3.05. The van der Waals surface area contributed by atoms with Gasteiger partial charge in [0, 0.05) is 31.7 Å². The molecule has 1 saturated heterocycles. The average molecular weight is 289 g/mol. The maximum Gasteiger partial charge on any atom is 0.224 e. The standard InChI is InChI=1S/C12H18Cl2N4/c1-12(2,3)18-6-4-17(5-7-18)10-9(13)8-15-11(14)16-10/h8H,4-7H2,1-3H3. The second-order valence-electron chi connectivity index (χ2n) is 5.46. The lowest BCUT2D eigenvalue weighted by Gasteiger charge is -2.42. The summed E-state index contributed by atoms with van der Waals surface area (Å²) >= 11 is 11.9. The predicted molar refractivity (Wildman–Crippen MR) is 75.6 cm³/mol. The zero-order valence-corrected chi connectivity index (χ0v) is 12.5. The molecular weight excluding hydrogens is 271 g/mol. The molecule has 6 heteroatoms. The van der Waals surface area contributed by atoms with Gasteiger partial charge in [-0.05, 0) is 32.4 Å². The molecule has 0 spiro atoms. The maximum absolute atomic E-state index is 6.12. The zero-order chi connectivity index (χ0) is 13.3. The molecule has 1 fully saturated rings. The number of hydrogen-bond donors (Lipinski definition) is 0. The van der Waals surface area contributed by atoms with E-state index in [1.165, 1.54) is 0 Å². The molecule has 0 unspecified atom stereocenters. The monoisotopic (exact) mass is 288 g/mol. The summed E-state index contributed by atoms with van der Waals surface area (Å²) in [7, 11) is 0. The Morgan fingerprint density at radius 3 is 2.28 bits per heavy atom. The molecule has 0 atom stereocenters. The molecule has 100 valence electrons. The molecule has 0 bridgehead atoms. The molecule has 0 radical (unpaired) electrons. The Balaban J connectivity index is 2.08. The molecular formula is C12H18Cl2N4. The Labute approximate surface area is 118 Å². The van der Waals surface area contributed by atoms with Crippen LogP contribution in [0.5, 0.6) is 0 Å². The fraction of sp³-hybridized carbons (Fsp3) is 0.667. The fourth-order valence-electron chi connectivity index (χ4n) is 2.15. The molecule has 0 saturated carbocycles. The van der Waals surface area contributed by atoms with Gasteiger partial charge in [0.2, 0.25) is 5.28 Å². The molecule has 0 N–H and O–H groups in total. The molecule has 0 aliphatic carbocycles. The van der Waals surface area contributed by atoms with Crippen molar-refractivity contribution >= 4 is 29.0 Å². The Morgan fingerprint density at radius 1 is 1.11 bits per heavy atom. The first-order valence-electron chi connectivity index (χ1n) is 6.06. The lowest BCUT2D eigenvalue weighted by Crippen LogP contribution is -2.53. The molecule has 1 aromatic rings. The number of halogens is 2. The molecule has 18 heavy (non-hydrogen) atoms. The lowest BCUT2D eigenvalue weighted by molar-refractivity contribution is 0.128. The second kappa shape index (κ2) is 5.19. The summed E-state index contributed by atoms with van der Waals surface area (Å²) in [6.45, 7) is 10.5. The van der Waals surface area contributed by atoms with E-state index in [1.807, 2.05) is 0 Å². The topological polar surface area (TPSA) is 32.3 Å². The van der Waals surface area contributed by atoms with Crippen LogP contribution in [0.25, 0.3) is 0 Å². The van der Waals surface area contributed by atoms with Crippen LogP contribution in [-0.2, 0) is 0 Å². The summed E-state index contributed by atoms with van der Waals surface area (Å²) in [5, 5.41) is 0.802. The largest absolute Gasteiger partial charge is 0.353 e. The van der Waals surface area contributed by atoms with E-state index >= 15 is 0 Å². The number of rotatable bonds is 1. The number of piperazine rings is 1. The van der Waals surface area contributed by atoms with E-state index in [1.54, 1.807) is 6.20 Å². The van der Waals surface area contributed by atoms with Gasteiger partial charge in [-0.15, -0.1) is 0 Å². The average Bonchev–Trinajstić information content (AvgIpc) is 2.31. The van der Waals surface area contributed by atoms with E-state index < -0.39 is 0 Å². The van der Waals surface area contributed by atoms with E-state index in [9.17, 15) is 0 Å². The number of anilines is 1. The number of hydrogen-bond acceptors (Lipinski definition) is 4. The molecule has 4 nitrogen and oxygen atoms in total. The minimum absolute atomic E-state index is 0.208. The van der Waals surface area contributed by atoms with Crippen LogP contribution >= 0.6 is 23.2 Å². The van der Waals surface area contributed by atoms with E-state index in [4.69, 9.17) is 23.2 Å². The smallest absolute Gasteiger partial charge is 0.224 e. The van der Waals surface area contributed by atoms with E-state index in [2.05, 4.69) is 40.5 Å².